The molecule has 2 aromatic rings. The van der Waals surface area contributed by atoms with E-state index in [0.717, 1.165) is 22.8 Å². The van der Waals surface area contributed by atoms with Crippen LogP contribution in [0.5, 0.6) is 0 Å². The number of thiazole rings is 1. The van der Waals surface area contributed by atoms with Crippen molar-refractivity contribution in [1.82, 2.24) is 4.98 Å². The fourth-order valence-electron chi connectivity index (χ4n) is 1.48. The van der Waals surface area contributed by atoms with E-state index >= 15 is 0 Å². The Morgan fingerprint density at radius 1 is 1.58 bits per heavy atom. The summed E-state index contributed by atoms with van der Waals surface area (Å²) in [5.41, 5.74) is 0.846. The van der Waals surface area contributed by atoms with Gasteiger partial charge in [-0.2, -0.15) is 0 Å². The molecule has 1 aromatic heterocycles. The SMILES string of the molecule is Cc1csc(CNc2cc(F)c(Br)cc2[N+](=O)[O-])n1. The quantitative estimate of drug-likeness (QED) is 0.674. The molecule has 2 rings (SSSR count). The molecule has 0 atom stereocenters. The first-order valence-electron chi connectivity index (χ1n) is 5.25. The Hall–Kier alpha value is -1.54. The van der Waals surface area contributed by atoms with Gasteiger partial charge in [0.05, 0.1) is 15.9 Å². The maximum atomic E-state index is 13.4. The van der Waals surface area contributed by atoms with Crippen molar-refractivity contribution in [2.75, 3.05) is 5.32 Å². The van der Waals surface area contributed by atoms with Gasteiger partial charge in [-0.1, -0.05) is 0 Å². The van der Waals surface area contributed by atoms with E-state index in [4.69, 9.17) is 0 Å². The van der Waals surface area contributed by atoms with Crippen molar-refractivity contribution in [2.24, 2.45) is 0 Å². The normalized spacial score (nSPS) is 10.5. The van der Waals surface area contributed by atoms with E-state index in [1.54, 1.807) is 0 Å². The van der Waals surface area contributed by atoms with Crippen LogP contribution in [0.1, 0.15) is 10.7 Å². The van der Waals surface area contributed by atoms with Crippen LogP contribution >= 0.6 is 27.3 Å². The summed E-state index contributed by atoms with van der Waals surface area (Å²) < 4.78 is 13.5. The highest BCUT2D eigenvalue weighted by molar-refractivity contribution is 9.10. The third-order valence-electron chi connectivity index (χ3n) is 2.33. The van der Waals surface area contributed by atoms with E-state index in [2.05, 4.69) is 26.2 Å². The van der Waals surface area contributed by atoms with E-state index in [1.165, 1.54) is 11.3 Å². The summed E-state index contributed by atoms with van der Waals surface area (Å²) in [6, 6.07) is 2.24. The number of benzene rings is 1. The number of nitrogens with zero attached hydrogens (tertiary/aromatic N) is 2. The van der Waals surface area contributed by atoms with Crippen molar-refractivity contribution in [2.45, 2.75) is 13.5 Å². The summed E-state index contributed by atoms with van der Waals surface area (Å²) >= 11 is 4.37. The van der Waals surface area contributed by atoms with Crippen LogP contribution < -0.4 is 5.32 Å². The zero-order valence-corrected chi connectivity index (χ0v) is 12.2. The summed E-state index contributed by atoms with van der Waals surface area (Å²) in [5.74, 6) is -0.552. The molecular weight excluding hydrogens is 337 g/mol. The highest BCUT2D eigenvalue weighted by atomic mass is 79.9. The van der Waals surface area contributed by atoms with Gasteiger partial charge in [0.2, 0.25) is 0 Å². The van der Waals surface area contributed by atoms with Crippen LogP contribution in [0.15, 0.2) is 22.0 Å². The van der Waals surface area contributed by atoms with Crippen molar-refractivity contribution in [3.63, 3.8) is 0 Å². The number of anilines is 1. The standard InChI is InChI=1S/C11H9BrFN3O2S/c1-6-5-19-11(15-6)4-14-9-3-8(13)7(12)2-10(9)16(17)18/h2-3,5,14H,4H2,1H3. The van der Waals surface area contributed by atoms with Crippen molar-refractivity contribution in [1.29, 1.82) is 0 Å². The minimum atomic E-state index is -0.556. The Labute approximate surface area is 120 Å². The van der Waals surface area contributed by atoms with Crippen molar-refractivity contribution in [3.05, 3.63) is 48.6 Å². The lowest BCUT2D eigenvalue weighted by molar-refractivity contribution is -0.384. The molecule has 5 nitrogen and oxygen atoms in total. The summed E-state index contributed by atoms with van der Waals surface area (Å²) in [5, 5.41) is 16.4. The van der Waals surface area contributed by atoms with Crippen molar-refractivity contribution in [3.8, 4) is 0 Å². The highest BCUT2D eigenvalue weighted by Gasteiger charge is 2.17. The van der Waals surface area contributed by atoms with Gasteiger partial charge in [0.25, 0.3) is 5.69 Å². The Morgan fingerprint density at radius 2 is 2.32 bits per heavy atom. The Bertz CT molecular complexity index is 632. The second-order valence-electron chi connectivity index (χ2n) is 3.78. The van der Waals surface area contributed by atoms with Crippen LogP contribution in [-0.4, -0.2) is 9.91 Å². The highest BCUT2D eigenvalue weighted by Crippen LogP contribution is 2.31. The second-order valence-corrected chi connectivity index (χ2v) is 5.57. The Morgan fingerprint density at radius 3 is 2.89 bits per heavy atom. The maximum absolute atomic E-state index is 13.4. The van der Waals surface area contributed by atoms with E-state index < -0.39 is 10.7 Å². The number of aromatic nitrogens is 1. The molecule has 1 heterocycles. The lowest BCUT2D eigenvalue weighted by atomic mass is 10.2. The molecular formula is C11H9BrFN3O2S. The molecule has 0 amide bonds. The first-order chi connectivity index (χ1) is 8.97. The van der Waals surface area contributed by atoms with E-state index in [9.17, 15) is 14.5 Å². The largest absolute Gasteiger partial charge is 0.373 e. The number of nitrogens with one attached hydrogen (secondary N) is 1. The topological polar surface area (TPSA) is 68.1 Å². The van der Waals surface area contributed by atoms with Gasteiger partial charge in [-0.05, 0) is 22.9 Å². The van der Waals surface area contributed by atoms with Gasteiger partial charge in [0.15, 0.2) is 0 Å². The molecule has 0 unspecified atom stereocenters. The molecule has 0 spiro atoms. The van der Waals surface area contributed by atoms with Crippen molar-refractivity contribution >= 4 is 38.6 Å². The zero-order chi connectivity index (χ0) is 14.0. The average Bonchev–Trinajstić information content (AvgIpc) is 2.76. The third kappa shape index (κ3) is 3.27. The van der Waals surface area contributed by atoms with Crippen molar-refractivity contribution < 1.29 is 9.31 Å². The van der Waals surface area contributed by atoms with Crippen LogP contribution in [0.25, 0.3) is 0 Å². The van der Waals surface area contributed by atoms with Crippen LogP contribution in [-0.2, 0) is 6.54 Å². The molecule has 0 aliphatic carbocycles. The lowest BCUT2D eigenvalue weighted by Gasteiger charge is -2.06. The van der Waals surface area contributed by atoms with Crippen LogP contribution in [0, 0.1) is 22.9 Å². The average molecular weight is 346 g/mol. The van der Waals surface area contributed by atoms with E-state index in [1.807, 2.05) is 12.3 Å². The zero-order valence-electron chi connectivity index (χ0n) is 9.81. The van der Waals surface area contributed by atoms with Gasteiger partial charge >= 0.3 is 0 Å². The predicted molar refractivity (Wildman–Crippen MR) is 74.9 cm³/mol. The second kappa shape index (κ2) is 5.62. The van der Waals surface area contributed by atoms with Gasteiger partial charge in [0.1, 0.15) is 16.5 Å². The molecule has 0 aliphatic heterocycles. The smallest absolute Gasteiger partial charge is 0.293 e. The van der Waals surface area contributed by atoms with Gasteiger partial charge < -0.3 is 5.32 Å². The number of rotatable bonds is 4. The number of aryl methyl sites for hydroxylation is 1. The first kappa shape index (κ1) is 13.9. The molecule has 1 aromatic carbocycles. The molecule has 8 heteroatoms. The number of nitro groups is 1. The fraction of sp³-hybridized carbons (Fsp3) is 0.182. The summed E-state index contributed by atoms with van der Waals surface area (Å²) in [6.07, 6.45) is 0. The van der Waals surface area contributed by atoms with Crippen LogP contribution in [0.3, 0.4) is 0 Å². The van der Waals surface area contributed by atoms with Gasteiger partial charge in [-0.25, -0.2) is 9.37 Å². The van der Waals surface area contributed by atoms with Crippen LogP contribution in [0.4, 0.5) is 15.8 Å². The third-order valence-corrected chi connectivity index (χ3v) is 3.91. The predicted octanol–water partition coefficient (Wildman–Crippen LogP) is 3.87. The number of halogens is 2. The molecule has 100 valence electrons. The lowest BCUT2D eigenvalue weighted by Crippen LogP contribution is -2.03. The van der Waals surface area contributed by atoms with Gasteiger partial charge in [-0.3, -0.25) is 10.1 Å². The Balaban J connectivity index is 2.23. The van der Waals surface area contributed by atoms with Crippen LogP contribution in [0.2, 0.25) is 0 Å². The molecule has 0 fully saturated rings. The number of hydrogen-bond donors (Lipinski definition) is 1. The minimum absolute atomic E-state index is 0.0647. The first-order valence-corrected chi connectivity index (χ1v) is 6.93. The van der Waals surface area contributed by atoms with E-state index in [0.29, 0.717) is 6.54 Å². The molecule has 0 radical (unpaired) electrons. The fourth-order valence-corrected chi connectivity index (χ4v) is 2.53. The molecule has 19 heavy (non-hydrogen) atoms. The number of nitro benzene ring substituents is 1. The summed E-state index contributed by atoms with van der Waals surface area (Å²) in [7, 11) is 0. The molecule has 0 saturated carbocycles. The summed E-state index contributed by atoms with van der Waals surface area (Å²) in [6.45, 7) is 2.18. The van der Waals surface area contributed by atoms with E-state index in [-0.39, 0.29) is 15.8 Å². The maximum Gasteiger partial charge on any atom is 0.293 e. The molecule has 0 bridgehead atoms. The van der Waals surface area contributed by atoms with Gasteiger partial charge in [-0.15, -0.1) is 11.3 Å². The molecule has 0 saturated heterocycles. The molecule has 1 N–H and O–H groups in total. The monoisotopic (exact) mass is 345 g/mol. The molecule has 0 aliphatic rings. The Kier molecular flexibility index (Phi) is 4.11. The van der Waals surface area contributed by atoms with Gasteiger partial charge in [0, 0.05) is 23.2 Å². The minimum Gasteiger partial charge on any atom is -0.373 e. The number of hydrogen-bond acceptors (Lipinski definition) is 5. The summed E-state index contributed by atoms with van der Waals surface area (Å²) in [4.78, 5) is 14.6.